The summed E-state index contributed by atoms with van der Waals surface area (Å²) in [6.07, 6.45) is 29.1. The van der Waals surface area contributed by atoms with E-state index in [2.05, 4.69) is 121 Å². The maximum Gasteiger partial charge on any atom is 1.00 e. The molecule has 2 aliphatic heterocycles. The van der Waals surface area contributed by atoms with E-state index in [4.69, 9.17) is 39.4 Å². The van der Waals surface area contributed by atoms with Gasteiger partial charge in [-0.3, -0.25) is 14.4 Å². The fraction of sp³-hybridized carbons (Fsp3) is 0.718. The Labute approximate surface area is 591 Å². The van der Waals surface area contributed by atoms with Crippen LogP contribution in [-0.2, 0) is 56.7 Å². The van der Waals surface area contributed by atoms with E-state index in [9.17, 15) is 38.6 Å². The summed E-state index contributed by atoms with van der Waals surface area (Å²) in [7, 11) is -4.36. The topological polar surface area (TPSA) is 240 Å². The first-order valence-corrected chi connectivity index (χ1v) is 34.4. The van der Waals surface area contributed by atoms with Crippen LogP contribution in [0.4, 0.5) is 0 Å². The van der Waals surface area contributed by atoms with Crippen LogP contribution in [0, 0.1) is 95.2 Å². The smallest absolute Gasteiger partial charge is 0.790 e. The largest absolute Gasteiger partial charge is 1.00 e. The van der Waals surface area contributed by atoms with E-state index >= 15 is 0 Å². The number of aliphatic hydroxyl groups is 1. The summed E-state index contributed by atoms with van der Waals surface area (Å²) in [5.74, 6) is 29.1. The van der Waals surface area contributed by atoms with E-state index in [1.54, 1.807) is 0 Å². The van der Waals surface area contributed by atoms with Gasteiger partial charge in [-0.2, -0.15) is 0 Å². The second kappa shape index (κ2) is 58.2. The number of rotatable bonds is 48. The number of phosphoric acid groups is 1. The molecule has 2 rings (SSSR count). The first kappa shape index (κ1) is 87.8. The van der Waals surface area contributed by atoms with Gasteiger partial charge in [-0.25, -0.2) is 0 Å². The Kier molecular flexibility index (Phi) is 56.1. The van der Waals surface area contributed by atoms with Gasteiger partial charge in [0.1, 0.15) is 36.7 Å². The number of aliphatic hydroxyl groups excluding tert-OH is 1. The Balaban J connectivity index is 0.0000405. The molecule has 0 radical (unpaired) electrons. The molecule has 2 aliphatic rings. The number of terminal acetylenes is 1. The number of nitrogens with one attached hydrogen (secondary N) is 2. The summed E-state index contributed by atoms with van der Waals surface area (Å²) in [5, 5.41) is 17.8. The average molecular weight is 1300 g/mol. The van der Waals surface area contributed by atoms with Gasteiger partial charge in [-0.15, -0.1) is 6.42 Å². The first-order valence-electron chi connectivity index (χ1n) is 32.9. The van der Waals surface area contributed by atoms with Crippen molar-refractivity contribution in [2.45, 2.75) is 282 Å². The summed E-state index contributed by atoms with van der Waals surface area (Å²) in [5.41, 5.74) is 0. The van der Waals surface area contributed by atoms with E-state index in [-0.39, 0.29) is 103 Å². The van der Waals surface area contributed by atoms with Gasteiger partial charge < -0.3 is 67.8 Å². The predicted molar refractivity (Wildman–Crippen MR) is 342 cm³/mol. The minimum absolute atomic E-state index is 0. The number of allylic oxidation sites excluding steroid dienone is 2. The van der Waals surface area contributed by atoms with E-state index in [1.807, 2.05) is 6.92 Å². The van der Waals surface area contributed by atoms with Crippen LogP contribution in [0.1, 0.15) is 227 Å². The number of amides is 2. The zero-order valence-corrected chi connectivity index (χ0v) is 60.9. The van der Waals surface area contributed by atoms with Crippen molar-refractivity contribution < 1.29 is 131 Å². The number of unbranched alkanes of at least 4 members (excludes halogenated alkanes) is 22. The van der Waals surface area contributed by atoms with E-state index < -0.39 is 94.1 Å². The van der Waals surface area contributed by atoms with Crippen LogP contribution >= 0.6 is 7.82 Å². The quantitative estimate of drug-likeness (QED) is 0.0151. The third kappa shape index (κ3) is 43.5. The molecular weight excluding hydrogens is 1200 g/mol. The second-order valence-electron chi connectivity index (χ2n) is 22.9. The number of ether oxygens (including phenoxy) is 6. The van der Waals surface area contributed by atoms with Crippen molar-refractivity contribution >= 4 is 31.7 Å². The Morgan fingerprint density at radius 1 is 0.593 bits per heavy atom. The molecule has 0 aliphatic carbocycles. The van der Waals surface area contributed by atoms with E-state index in [0.29, 0.717) is 19.3 Å². The number of carbonyl (C=O) groups excluding carboxylic acids is 4. The summed E-state index contributed by atoms with van der Waals surface area (Å²) < 4.78 is 55.0. The Morgan fingerprint density at radius 3 is 1.64 bits per heavy atom. The normalized spacial score (nSPS) is 21.0. The van der Waals surface area contributed by atoms with Crippen LogP contribution in [0.25, 0.3) is 0 Å². The van der Waals surface area contributed by atoms with Gasteiger partial charge in [0, 0.05) is 38.6 Å². The summed E-state index contributed by atoms with van der Waals surface area (Å²) in [6.45, 7) is 8.29. The van der Waals surface area contributed by atoms with Crippen LogP contribution < -0.4 is 79.5 Å². The molecule has 0 bridgehead atoms. The van der Waals surface area contributed by atoms with Crippen molar-refractivity contribution in [1.29, 1.82) is 0 Å². The van der Waals surface area contributed by atoms with Gasteiger partial charge in [-0.1, -0.05) is 174 Å². The second-order valence-corrected chi connectivity index (χ2v) is 24.0. The average Bonchev–Trinajstić information content (AvgIpc) is 0.838. The number of aldehydes is 1. The molecule has 2 fully saturated rings. The monoisotopic (exact) mass is 1300 g/mol. The fourth-order valence-electron chi connectivity index (χ4n) is 10.5. The number of phosphoric ester groups is 1. The van der Waals surface area contributed by atoms with E-state index in [1.165, 1.54) is 32.8 Å². The summed E-state index contributed by atoms with van der Waals surface area (Å²) in [4.78, 5) is 77.6. The van der Waals surface area contributed by atoms with Crippen molar-refractivity contribution in [1.82, 2.24) is 10.6 Å². The minimum Gasteiger partial charge on any atom is -0.790 e. The molecule has 2 heterocycles. The summed E-state index contributed by atoms with van der Waals surface area (Å²) >= 11 is 0. The maximum absolute atomic E-state index is 14.0. The summed E-state index contributed by atoms with van der Waals surface area (Å²) in [6, 6.07) is -2.56. The van der Waals surface area contributed by atoms with Gasteiger partial charge in [0.25, 0.3) is 0 Å². The molecule has 494 valence electrons. The molecule has 3 N–H and O–H groups in total. The van der Waals surface area contributed by atoms with Crippen molar-refractivity contribution in [2.75, 3.05) is 33.5 Å². The molecule has 0 spiro atoms. The van der Waals surface area contributed by atoms with Gasteiger partial charge in [0.2, 0.25) is 11.8 Å². The van der Waals surface area contributed by atoms with Gasteiger partial charge in [0.05, 0.1) is 46.1 Å². The standard InChI is InChI=1S/C71H105N2O15P.2Na/c1-7-11-15-19-22-25-27-29-30-32-34-36-38-42-46-50-63(76)72-65-68(84-53-51-59(55-74)48-44-40-18-14-10-4)58(5)61(56-82-6)86-70(65)85-57-62-67(78)69(83-52-47-43-39-24-21-17-13-9-3)66(71(87-62)88-89(79,80)81)73-64(77)54-60(75)49-45-41-37-35-33-31-28-26-23-20-16-12-8-2;;/h2,25,27,55,58-59,61-62,65-71,78H,7,9-11,13-15,17-19,21-22,24,29-30,32,34,36,38-40,42-44,46-54,56-57H2,1,3-6H3,(H,72,76)(H,73,77)(H2,79,80,81);;/q;2*+1/p-2/b27-25-;;/t58-,59-,61-,62-,65-,66?,67-,68+,69-,70-,71-;;/m1../s1. The fourth-order valence-corrected chi connectivity index (χ4v) is 10.9. The molecule has 11 atom stereocenters. The zero-order valence-electron chi connectivity index (χ0n) is 56.0. The number of hydrogen-bond donors (Lipinski definition) is 3. The maximum atomic E-state index is 14.0. The van der Waals surface area contributed by atoms with Crippen LogP contribution in [0.2, 0.25) is 0 Å². The number of methoxy groups -OCH3 is 1. The molecule has 2 amide bonds. The minimum atomic E-state index is -5.88. The van der Waals surface area contributed by atoms with Crippen molar-refractivity contribution in [3.63, 3.8) is 0 Å². The molecule has 91 heavy (non-hydrogen) atoms. The third-order valence-electron chi connectivity index (χ3n) is 15.5. The Morgan fingerprint density at radius 2 is 1.08 bits per heavy atom. The van der Waals surface area contributed by atoms with Crippen molar-refractivity contribution in [3.05, 3.63) is 12.2 Å². The van der Waals surface area contributed by atoms with E-state index in [0.717, 1.165) is 141 Å². The molecule has 17 nitrogen and oxygen atoms in total. The third-order valence-corrected chi connectivity index (χ3v) is 15.9. The Hall–Kier alpha value is -3.23. The van der Waals surface area contributed by atoms with Gasteiger partial charge in [0.15, 0.2) is 18.4 Å². The van der Waals surface area contributed by atoms with Gasteiger partial charge in [-0.05, 0) is 122 Å². The molecular formula is C71H103N2Na2O15P. The Bertz CT molecular complexity index is 2540. The number of carbonyl (C=O) groups is 4. The number of Topliss-reactive ketones (excluding diaryl/α,β-unsaturated/α-hetero) is 1. The molecule has 2 saturated heterocycles. The molecule has 0 saturated carbocycles. The predicted octanol–water partition coefficient (Wildman–Crippen LogP) is 3.44. The van der Waals surface area contributed by atoms with Crippen LogP contribution in [0.5, 0.6) is 0 Å². The van der Waals surface area contributed by atoms with Crippen molar-refractivity contribution in [2.24, 2.45) is 11.8 Å². The SMILES string of the molecule is C#CC#CC#CC#CC#CC#CC#CCC(=O)CC(=O)NC1[C@@H](OP(=O)([O-])[O-])O[C@H](CO[C@@H]2O[C@H](COC)[C@@H](C)[C@H](OCC[C@H](C=O)CCCCCCC)[C@H]2NC(=O)CCCCCCCCC/C=C\CCCCCC)[C@@H](O)[C@@H]1OCCCCCCCCCC.[Na+].[Na+]. The van der Waals surface area contributed by atoms with Gasteiger partial charge >= 0.3 is 59.1 Å². The van der Waals surface area contributed by atoms with Crippen LogP contribution in [-0.4, -0.2) is 118 Å². The molecule has 0 aromatic heterocycles. The molecule has 20 heteroatoms. The molecule has 0 aromatic carbocycles. The zero-order chi connectivity index (χ0) is 65.0. The van der Waals surface area contributed by atoms with Crippen molar-refractivity contribution in [3.8, 4) is 83.4 Å². The first-order chi connectivity index (χ1) is 43.2. The number of ketones is 1. The molecule has 0 aromatic rings. The van der Waals surface area contributed by atoms with Crippen LogP contribution in [0.3, 0.4) is 0 Å². The molecule has 1 unspecified atom stereocenters. The van der Waals surface area contributed by atoms with Crippen LogP contribution in [0.15, 0.2) is 12.2 Å². The number of hydrogen-bond acceptors (Lipinski definition) is 15.